The molecule has 1 aromatic heterocycles. The van der Waals surface area contributed by atoms with E-state index >= 15 is 0 Å². The number of amides is 1. The molecule has 4 heterocycles. The van der Waals surface area contributed by atoms with Gasteiger partial charge in [0.15, 0.2) is 5.82 Å². The maximum atomic E-state index is 11.1. The molecule has 11 heteroatoms. The summed E-state index contributed by atoms with van der Waals surface area (Å²) in [5.74, 6) is 1.37. The molecule has 6 rings (SSSR count). The van der Waals surface area contributed by atoms with E-state index in [4.69, 9.17) is 9.47 Å². The first-order valence-electron chi connectivity index (χ1n) is 13.7. The zero-order valence-corrected chi connectivity index (χ0v) is 22.3. The fourth-order valence-corrected chi connectivity index (χ4v) is 5.36. The van der Waals surface area contributed by atoms with Crippen molar-refractivity contribution in [3.8, 4) is 23.2 Å². The normalized spacial score (nSPS) is 19.9. The molecule has 206 valence electrons. The molecule has 0 aliphatic carbocycles. The van der Waals surface area contributed by atoms with Gasteiger partial charge in [0.1, 0.15) is 24.3 Å². The predicted octanol–water partition coefficient (Wildman–Crippen LogP) is 2.67. The fraction of sp³-hybridized carbons (Fsp3) is 0.414. The van der Waals surface area contributed by atoms with Crippen LogP contribution < -0.4 is 15.0 Å². The Morgan fingerprint density at radius 1 is 1.05 bits per heavy atom. The smallest absolute Gasteiger partial charge is 0.230 e. The molecular weight excluding hydrogens is 508 g/mol. The standard InChI is InChI=1S/C29H32N8O3/c30-15-22-14-21(3-8-27(22)40-26-2-1-9-35(16-26)20-38)28-31-19-32-29(34-28)33-23-4-6-24(7-5-23)36-10-12-37(13-11-36)25-17-39-18-25/h3-8,14,19-20,25-26H,1-2,9-13,16-18H2,(H,31,32,33,34). The minimum Gasteiger partial charge on any atom is -0.487 e. The van der Waals surface area contributed by atoms with Gasteiger partial charge in [-0.05, 0) is 55.3 Å². The Morgan fingerprint density at radius 2 is 1.88 bits per heavy atom. The number of benzene rings is 2. The summed E-state index contributed by atoms with van der Waals surface area (Å²) in [5, 5.41) is 13.0. The molecule has 11 nitrogen and oxygen atoms in total. The molecule has 0 bridgehead atoms. The highest BCUT2D eigenvalue weighted by atomic mass is 16.5. The van der Waals surface area contributed by atoms with Crippen LogP contribution in [-0.4, -0.2) is 95.8 Å². The molecule has 1 unspecified atom stereocenters. The van der Waals surface area contributed by atoms with E-state index in [-0.39, 0.29) is 6.10 Å². The van der Waals surface area contributed by atoms with Gasteiger partial charge in [-0.15, -0.1) is 0 Å². The van der Waals surface area contributed by atoms with E-state index in [9.17, 15) is 10.1 Å². The summed E-state index contributed by atoms with van der Waals surface area (Å²) in [7, 11) is 0. The molecule has 0 radical (unpaired) electrons. The maximum Gasteiger partial charge on any atom is 0.230 e. The molecule has 3 aliphatic heterocycles. The van der Waals surface area contributed by atoms with Crippen LogP contribution in [-0.2, 0) is 9.53 Å². The SMILES string of the molecule is N#Cc1cc(-c2ncnc(Nc3ccc(N4CCN(C5COC5)CC4)cc3)n2)ccc1OC1CCCN(C=O)C1. The summed E-state index contributed by atoms with van der Waals surface area (Å²) in [6.07, 6.45) is 3.88. The van der Waals surface area contributed by atoms with Crippen LogP contribution >= 0.6 is 0 Å². The number of likely N-dealkylation sites (tertiary alicyclic amines) is 1. The van der Waals surface area contributed by atoms with Crippen molar-refractivity contribution in [2.24, 2.45) is 0 Å². The number of nitriles is 1. The molecular formula is C29H32N8O3. The van der Waals surface area contributed by atoms with Gasteiger partial charge in [0.05, 0.1) is 31.4 Å². The van der Waals surface area contributed by atoms with E-state index in [1.807, 2.05) is 18.2 Å². The third-order valence-corrected chi connectivity index (χ3v) is 7.72. The number of anilines is 3. The summed E-state index contributed by atoms with van der Waals surface area (Å²) < 4.78 is 11.4. The molecule has 0 saturated carbocycles. The average Bonchev–Trinajstić information content (AvgIpc) is 2.97. The highest BCUT2D eigenvalue weighted by molar-refractivity contribution is 5.64. The van der Waals surface area contributed by atoms with Crippen molar-refractivity contribution in [1.82, 2.24) is 24.8 Å². The van der Waals surface area contributed by atoms with Crippen LogP contribution in [0.25, 0.3) is 11.4 Å². The highest BCUT2D eigenvalue weighted by Crippen LogP contribution is 2.28. The number of carbonyl (C=O) groups is 1. The molecule has 1 amide bonds. The van der Waals surface area contributed by atoms with Crippen LogP contribution in [0, 0.1) is 11.3 Å². The molecule has 0 spiro atoms. The predicted molar refractivity (Wildman–Crippen MR) is 149 cm³/mol. The molecule has 3 saturated heterocycles. The fourth-order valence-electron chi connectivity index (χ4n) is 5.36. The zero-order valence-electron chi connectivity index (χ0n) is 22.3. The summed E-state index contributed by atoms with van der Waals surface area (Å²) in [6, 6.07) is 16.4. The topological polar surface area (TPSA) is 120 Å². The molecule has 1 N–H and O–H groups in total. The van der Waals surface area contributed by atoms with Crippen LogP contribution in [0.4, 0.5) is 17.3 Å². The number of piperazine rings is 1. The van der Waals surface area contributed by atoms with Gasteiger partial charge in [-0.1, -0.05) is 0 Å². The number of hydrogen-bond donors (Lipinski definition) is 1. The summed E-state index contributed by atoms with van der Waals surface area (Å²) in [5.41, 5.74) is 3.16. The Morgan fingerprint density at radius 3 is 2.60 bits per heavy atom. The van der Waals surface area contributed by atoms with Gasteiger partial charge in [0.2, 0.25) is 12.4 Å². The summed E-state index contributed by atoms with van der Waals surface area (Å²) >= 11 is 0. The van der Waals surface area contributed by atoms with Crippen molar-refractivity contribution < 1.29 is 14.3 Å². The Kier molecular flexibility index (Phi) is 7.70. The van der Waals surface area contributed by atoms with Crippen LogP contribution in [0.1, 0.15) is 18.4 Å². The number of rotatable bonds is 8. The first-order chi connectivity index (χ1) is 19.7. The second-order valence-corrected chi connectivity index (χ2v) is 10.3. The van der Waals surface area contributed by atoms with Crippen LogP contribution in [0.3, 0.4) is 0 Å². The number of hydrogen-bond acceptors (Lipinski definition) is 10. The number of aromatic nitrogens is 3. The highest BCUT2D eigenvalue weighted by Gasteiger charge is 2.29. The number of piperidine rings is 1. The quantitative estimate of drug-likeness (QED) is 0.427. The first-order valence-corrected chi connectivity index (χ1v) is 13.7. The van der Waals surface area contributed by atoms with Gasteiger partial charge in [0, 0.05) is 49.7 Å². The minimum absolute atomic E-state index is 0.136. The minimum atomic E-state index is -0.136. The average molecular weight is 541 g/mol. The van der Waals surface area contributed by atoms with Crippen molar-refractivity contribution in [3.05, 3.63) is 54.4 Å². The van der Waals surface area contributed by atoms with Crippen molar-refractivity contribution in [2.75, 3.05) is 62.7 Å². The largest absolute Gasteiger partial charge is 0.487 e. The first kappa shape index (κ1) is 26.0. The third kappa shape index (κ3) is 5.83. The third-order valence-electron chi connectivity index (χ3n) is 7.72. The maximum absolute atomic E-state index is 11.1. The van der Waals surface area contributed by atoms with E-state index in [2.05, 4.69) is 48.3 Å². The Hall–Kier alpha value is -4.27. The van der Waals surface area contributed by atoms with E-state index in [0.29, 0.717) is 41.2 Å². The van der Waals surface area contributed by atoms with E-state index in [0.717, 1.165) is 70.9 Å². The monoisotopic (exact) mass is 540 g/mol. The van der Waals surface area contributed by atoms with Gasteiger partial charge >= 0.3 is 0 Å². The summed E-state index contributed by atoms with van der Waals surface area (Å²) in [4.78, 5) is 30.9. The lowest BCUT2D eigenvalue weighted by molar-refractivity contribution is -0.120. The molecule has 1 atom stereocenters. The van der Waals surface area contributed by atoms with Gasteiger partial charge in [0.25, 0.3) is 0 Å². The molecule has 2 aromatic carbocycles. The molecule has 3 fully saturated rings. The van der Waals surface area contributed by atoms with Gasteiger partial charge < -0.3 is 24.6 Å². The van der Waals surface area contributed by atoms with Gasteiger partial charge in [-0.2, -0.15) is 10.2 Å². The lowest BCUT2D eigenvalue weighted by Crippen LogP contribution is -2.56. The van der Waals surface area contributed by atoms with Crippen molar-refractivity contribution in [3.63, 3.8) is 0 Å². The Labute approximate surface area is 233 Å². The number of carbonyl (C=O) groups excluding carboxylic acids is 1. The lowest BCUT2D eigenvalue weighted by atomic mass is 10.1. The molecule has 3 aliphatic rings. The number of nitrogens with zero attached hydrogens (tertiary/aromatic N) is 7. The van der Waals surface area contributed by atoms with Crippen molar-refractivity contribution in [2.45, 2.75) is 25.0 Å². The Balaban J connectivity index is 1.09. The van der Waals surface area contributed by atoms with Crippen LogP contribution in [0.2, 0.25) is 0 Å². The van der Waals surface area contributed by atoms with Gasteiger partial charge in [-0.25, -0.2) is 9.97 Å². The van der Waals surface area contributed by atoms with Crippen molar-refractivity contribution in [1.29, 1.82) is 5.26 Å². The number of nitrogens with one attached hydrogen (secondary N) is 1. The van der Waals surface area contributed by atoms with Crippen LogP contribution in [0.5, 0.6) is 5.75 Å². The van der Waals surface area contributed by atoms with Crippen LogP contribution in [0.15, 0.2) is 48.8 Å². The Bertz CT molecular complexity index is 1370. The molecule has 3 aromatic rings. The molecule has 40 heavy (non-hydrogen) atoms. The van der Waals surface area contributed by atoms with E-state index < -0.39 is 0 Å². The second kappa shape index (κ2) is 11.9. The summed E-state index contributed by atoms with van der Waals surface area (Å²) in [6.45, 7) is 7.11. The lowest BCUT2D eigenvalue weighted by Gasteiger charge is -2.43. The van der Waals surface area contributed by atoms with Gasteiger partial charge in [-0.3, -0.25) is 9.69 Å². The van der Waals surface area contributed by atoms with E-state index in [1.54, 1.807) is 17.0 Å². The zero-order chi connectivity index (χ0) is 27.3. The second-order valence-electron chi connectivity index (χ2n) is 10.3. The number of ether oxygens (including phenoxy) is 2. The van der Waals surface area contributed by atoms with Crippen molar-refractivity contribution >= 4 is 23.7 Å². The van der Waals surface area contributed by atoms with E-state index in [1.165, 1.54) is 12.0 Å².